The number of furan rings is 1. The third-order valence-corrected chi connectivity index (χ3v) is 5.34. The van der Waals surface area contributed by atoms with E-state index >= 15 is 0 Å². The van der Waals surface area contributed by atoms with E-state index in [9.17, 15) is 23.5 Å². The van der Waals surface area contributed by atoms with E-state index in [1.165, 1.54) is 29.7 Å². The summed E-state index contributed by atoms with van der Waals surface area (Å²) in [5.41, 5.74) is -2.37. The van der Waals surface area contributed by atoms with Gasteiger partial charge in [-0.3, -0.25) is 14.5 Å². The number of hydrogen-bond acceptors (Lipinski definition) is 7. The van der Waals surface area contributed by atoms with Crippen LogP contribution in [0.5, 0.6) is 0 Å². The smallest absolute Gasteiger partial charge is 0.293 e. The van der Waals surface area contributed by atoms with Gasteiger partial charge in [0.1, 0.15) is 35.7 Å². The topological polar surface area (TPSA) is 101 Å². The number of carbonyl (C=O) groups excluding carboxylic acids is 2. The minimum Gasteiger partial charge on any atom is -0.465 e. The molecule has 0 saturated carbocycles. The molecule has 3 aromatic rings. The molecule has 30 heavy (non-hydrogen) atoms. The first-order chi connectivity index (χ1) is 14.4. The van der Waals surface area contributed by atoms with Crippen molar-refractivity contribution in [2.45, 2.75) is 12.1 Å². The van der Waals surface area contributed by atoms with E-state index in [0.29, 0.717) is 23.6 Å². The molecule has 0 bridgehead atoms. The molecule has 1 N–H and O–H groups in total. The third kappa shape index (κ3) is 3.89. The first-order valence-corrected chi connectivity index (χ1v) is 9.46. The minimum atomic E-state index is -2.09. The van der Waals surface area contributed by atoms with Gasteiger partial charge in [-0.2, -0.15) is 5.10 Å². The fourth-order valence-electron chi connectivity index (χ4n) is 3.07. The Hall–Kier alpha value is -3.31. The lowest BCUT2D eigenvalue weighted by molar-refractivity contribution is -0.126. The highest BCUT2D eigenvalue weighted by Crippen LogP contribution is 2.36. The fourth-order valence-corrected chi connectivity index (χ4v) is 3.89. The van der Waals surface area contributed by atoms with Crippen molar-refractivity contribution in [1.82, 2.24) is 19.7 Å². The monoisotopic (exact) mass is 432 g/mol. The number of β-amino-alcohol motifs (C(OH)–C–C–N with tert-alkyl or cyclic N) is 1. The number of amides is 2. The van der Waals surface area contributed by atoms with Crippen LogP contribution in [0, 0.1) is 11.6 Å². The lowest BCUT2D eigenvalue weighted by Gasteiger charge is -2.31. The molecule has 4 rings (SSSR count). The van der Waals surface area contributed by atoms with Crippen molar-refractivity contribution in [2.75, 3.05) is 6.54 Å². The third-order valence-electron chi connectivity index (χ3n) is 4.43. The summed E-state index contributed by atoms with van der Waals surface area (Å²) in [6.07, 6.45) is 5.33. The highest BCUT2D eigenvalue weighted by molar-refractivity contribution is 8.18. The van der Waals surface area contributed by atoms with E-state index in [1.54, 1.807) is 12.1 Å². The molecular formula is C19H14F2N4O4S. The largest absolute Gasteiger partial charge is 0.465 e. The first-order valence-electron chi connectivity index (χ1n) is 8.65. The van der Waals surface area contributed by atoms with Crippen LogP contribution < -0.4 is 0 Å². The molecule has 1 saturated heterocycles. The summed E-state index contributed by atoms with van der Waals surface area (Å²) in [6, 6.07) is 5.91. The van der Waals surface area contributed by atoms with Crippen molar-refractivity contribution >= 4 is 29.0 Å². The van der Waals surface area contributed by atoms with Gasteiger partial charge in [-0.1, -0.05) is 6.07 Å². The van der Waals surface area contributed by atoms with Crippen molar-refractivity contribution in [1.29, 1.82) is 0 Å². The molecule has 1 unspecified atom stereocenters. The molecule has 2 amide bonds. The zero-order chi connectivity index (χ0) is 21.3. The number of thioether (sulfide) groups is 1. The lowest BCUT2D eigenvalue weighted by atomic mass is 9.92. The fraction of sp³-hybridized carbons (Fsp3) is 0.158. The summed E-state index contributed by atoms with van der Waals surface area (Å²) in [5.74, 6) is -2.13. The quantitative estimate of drug-likeness (QED) is 0.598. The number of imide groups is 1. The van der Waals surface area contributed by atoms with Gasteiger partial charge in [0.2, 0.25) is 0 Å². The Morgan fingerprint density at radius 1 is 1.23 bits per heavy atom. The van der Waals surface area contributed by atoms with Crippen LogP contribution in [0.2, 0.25) is 0 Å². The van der Waals surface area contributed by atoms with Gasteiger partial charge in [-0.15, -0.1) is 0 Å². The Morgan fingerprint density at radius 3 is 2.73 bits per heavy atom. The zero-order valence-electron chi connectivity index (χ0n) is 15.2. The van der Waals surface area contributed by atoms with Crippen LogP contribution in [0.1, 0.15) is 11.3 Å². The molecule has 8 nitrogen and oxygen atoms in total. The summed E-state index contributed by atoms with van der Waals surface area (Å²) in [4.78, 5) is 29.9. The van der Waals surface area contributed by atoms with Crippen molar-refractivity contribution in [3.8, 4) is 0 Å². The number of carbonyl (C=O) groups is 2. The Kier molecular flexibility index (Phi) is 5.22. The van der Waals surface area contributed by atoms with Gasteiger partial charge in [0.05, 0.1) is 24.3 Å². The molecule has 1 aliphatic heterocycles. The maximum Gasteiger partial charge on any atom is 0.293 e. The van der Waals surface area contributed by atoms with E-state index in [0.717, 1.165) is 17.0 Å². The van der Waals surface area contributed by atoms with Crippen molar-refractivity contribution < 1.29 is 27.9 Å². The molecule has 2 aromatic heterocycles. The van der Waals surface area contributed by atoms with E-state index in [1.807, 2.05) is 0 Å². The number of benzene rings is 1. The molecular weight excluding hydrogens is 418 g/mol. The molecule has 0 spiro atoms. The Bertz CT molecular complexity index is 1120. The van der Waals surface area contributed by atoms with Crippen molar-refractivity contribution in [3.63, 3.8) is 0 Å². The van der Waals surface area contributed by atoms with Gasteiger partial charge < -0.3 is 9.52 Å². The van der Waals surface area contributed by atoms with Crippen molar-refractivity contribution in [2.24, 2.45) is 0 Å². The second-order valence-corrected chi connectivity index (χ2v) is 7.53. The maximum atomic E-state index is 14.5. The van der Waals surface area contributed by atoms with Gasteiger partial charge in [0.15, 0.2) is 0 Å². The molecule has 0 radical (unpaired) electrons. The normalized spacial score (nSPS) is 17.7. The molecule has 11 heteroatoms. The number of aliphatic hydroxyl groups is 1. The number of halogens is 2. The number of hydrogen-bond donors (Lipinski definition) is 1. The van der Waals surface area contributed by atoms with E-state index < -0.39 is 34.9 Å². The average Bonchev–Trinajstić information content (AvgIpc) is 3.43. The Labute approximate surface area is 172 Å². The molecule has 3 heterocycles. The first kappa shape index (κ1) is 20.0. The van der Waals surface area contributed by atoms with Gasteiger partial charge >= 0.3 is 0 Å². The summed E-state index contributed by atoms with van der Waals surface area (Å²) < 4.78 is 34.3. The van der Waals surface area contributed by atoms with Crippen LogP contribution in [-0.4, -0.2) is 42.5 Å². The molecule has 0 aliphatic carbocycles. The molecule has 1 aromatic carbocycles. The van der Waals surface area contributed by atoms with Gasteiger partial charge in [-0.25, -0.2) is 18.4 Å². The van der Waals surface area contributed by atoms with Crippen LogP contribution in [0.15, 0.2) is 58.6 Å². The standard InChI is InChI=1S/C19H14F2N4O4S/c20-12-3-4-14(15(21)6-12)19(28,8-24-11-22-10-23-24)9-25-17(26)16(30-18(25)27)7-13-2-1-5-29-13/h1-7,10-11,28H,8-9H2/b16-7-. The molecule has 1 fully saturated rings. The van der Waals surface area contributed by atoms with Crippen LogP contribution >= 0.6 is 11.8 Å². The maximum absolute atomic E-state index is 14.5. The average molecular weight is 432 g/mol. The SMILES string of the molecule is O=C1S/C(=C\c2ccco2)C(=O)N1CC(O)(Cn1cncn1)c1ccc(F)cc1F. The van der Waals surface area contributed by atoms with Crippen LogP contribution in [0.3, 0.4) is 0 Å². The van der Waals surface area contributed by atoms with E-state index in [-0.39, 0.29) is 17.0 Å². The summed E-state index contributed by atoms with van der Waals surface area (Å²) in [6.45, 7) is -0.899. The summed E-state index contributed by atoms with van der Waals surface area (Å²) in [5, 5.41) is 14.6. The van der Waals surface area contributed by atoms with Crippen LogP contribution in [0.25, 0.3) is 6.08 Å². The van der Waals surface area contributed by atoms with E-state index in [4.69, 9.17) is 4.42 Å². The Balaban J connectivity index is 1.68. The second-order valence-electron chi connectivity index (χ2n) is 6.53. The Morgan fingerprint density at radius 2 is 2.07 bits per heavy atom. The number of rotatable bonds is 6. The summed E-state index contributed by atoms with van der Waals surface area (Å²) >= 11 is 0.669. The molecule has 1 atom stereocenters. The number of nitrogens with zero attached hydrogens (tertiary/aromatic N) is 4. The van der Waals surface area contributed by atoms with Crippen molar-refractivity contribution in [3.05, 3.63) is 77.1 Å². The predicted octanol–water partition coefficient (Wildman–Crippen LogP) is 2.77. The number of aromatic nitrogens is 3. The molecule has 1 aliphatic rings. The zero-order valence-corrected chi connectivity index (χ0v) is 16.1. The van der Waals surface area contributed by atoms with Gasteiger partial charge in [0, 0.05) is 17.7 Å². The molecule has 154 valence electrons. The summed E-state index contributed by atoms with van der Waals surface area (Å²) in [7, 11) is 0. The second kappa shape index (κ2) is 7.84. The van der Waals surface area contributed by atoms with Crippen LogP contribution in [-0.2, 0) is 16.9 Å². The highest BCUT2D eigenvalue weighted by atomic mass is 32.2. The van der Waals surface area contributed by atoms with Gasteiger partial charge in [-0.05, 0) is 30.0 Å². The minimum absolute atomic E-state index is 0.0950. The lowest BCUT2D eigenvalue weighted by Crippen LogP contribution is -2.46. The highest BCUT2D eigenvalue weighted by Gasteiger charge is 2.43. The van der Waals surface area contributed by atoms with Crippen LogP contribution in [0.4, 0.5) is 13.6 Å². The van der Waals surface area contributed by atoms with Gasteiger partial charge in [0.25, 0.3) is 11.1 Å². The van der Waals surface area contributed by atoms with E-state index in [2.05, 4.69) is 10.1 Å². The predicted molar refractivity (Wildman–Crippen MR) is 102 cm³/mol.